The molecule has 2 N–H and O–H groups in total. The highest BCUT2D eigenvalue weighted by Gasteiger charge is 2.14. The maximum Gasteiger partial charge on any atom is 0.337 e. The maximum atomic E-state index is 12.5. The number of ether oxygens (including phenoxy) is 1. The van der Waals surface area contributed by atoms with Crippen LogP contribution in [0.3, 0.4) is 0 Å². The highest BCUT2D eigenvalue weighted by atomic mass is 32.2. The number of nitrogens with one attached hydrogen (secondary N) is 2. The summed E-state index contributed by atoms with van der Waals surface area (Å²) in [4.78, 5) is 24.1. The largest absolute Gasteiger partial charge is 0.465 e. The molecular weight excluding hydrogens is 344 g/mol. The van der Waals surface area contributed by atoms with Crippen LogP contribution < -0.4 is 10.0 Å². The standard InChI is InChI=1S/C17H18N2O5S/c1-11-14(8-5-9-15(11)19-25(3,22)23)16(20)18-13-7-4-6-12(10-13)17(21)24-2/h4-10,19H,1-3H3,(H,18,20). The predicted molar refractivity (Wildman–Crippen MR) is 95.4 cm³/mol. The Bertz CT molecular complexity index is 922. The third-order valence-corrected chi connectivity index (χ3v) is 4.01. The molecule has 25 heavy (non-hydrogen) atoms. The number of benzene rings is 2. The van der Waals surface area contributed by atoms with Crippen LogP contribution in [0.2, 0.25) is 0 Å². The third-order valence-electron chi connectivity index (χ3n) is 3.42. The van der Waals surface area contributed by atoms with Gasteiger partial charge in [-0.25, -0.2) is 13.2 Å². The molecule has 0 heterocycles. The molecule has 0 unspecified atom stereocenters. The molecule has 0 fully saturated rings. The van der Waals surface area contributed by atoms with Crippen molar-refractivity contribution in [3.63, 3.8) is 0 Å². The quantitative estimate of drug-likeness (QED) is 0.795. The Morgan fingerprint density at radius 3 is 2.40 bits per heavy atom. The van der Waals surface area contributed by atoms with Gasteiger partial charge >= 0.3 is 5.97 Å². The van der Waals surface area contributed by atoms with E-state index in [-0.39, 0.29) is 0 Å². The molecule has 0 aliphatic carbocycles. The van der Waals surface area contributed by atoms with E-state index in [1.54, 1.807) is 43.3 Å². The number of carbonyl (C=O) groups is 2. The van der Waals surface area contributed by atoms with E-state index in [0.29, 0.717) is 28.1 Å². The maximum absolute atomic E-state index is 12.5. The molecule has 1 amide bonds. The van der Waals surface area contributed by atoms with Gasteiger partial charge in [0.25, 0.3) is 5.91 Å². The molecule has 0 saturated heterocycles. The van der Waals surface area contributed by atoms with E-state index < -0.39 is 21.9 Å². The summed E-state index contributed by atoms with van der Waals surface area (Å²) in [5.74, 6) is -0.928. The van der Waals surface area contributed by atoms with Gasteiger partial charge in [-0.15, -0.1) is 0 Å². The van der Waals surface area contributed by atoms with Gasteiger partial charge < -0.3 is 10.1 Å². The molecule has 2 aromatic carbocycles. The first-order chi connectivity index (χ1) is 11.7. The van der Waals surface area contributed by atoms with Gasteiger partial charge in [0.2, 0.25) is 10.0 Å². The van der Waals surface area contributed by atoms with E-state index in [1.807, 2.05) is 0 Å². The van der Waals surface area contributed by atoms with E-state index in [1.165, 1.54) is 13.2 Å². The molecule has 8 heteroatoms. The lowest BCUT2D eigenvalue weighted by Crippen LogP contribution is -2.16. The third kappa shape index (κ3) is 4.80. The molecular formula is C17H18N2O5S. The molecule has 2 rings (SSSR count). The molecule has 0 spiro atoms. The van der Waals surface area contributed by atoms with E-state index in [2.05, 4.69) is 14.8 Å². The van der Waals surface area contributed by atoms with Gasteiger partial charge in [0.1, 0.15) is 0 Å². The van der Waals surface area contributed by atoms with Crippen LogP contribution in [0.5, 0.6) is 0 Å². The number of hydrogen-bond donors (Lipinski definition) is 2. The van der Waals surface area contributed by atoms with Crippen molar-refractivity contribution in [2.45, 2.75) is 6.92 Å². The van der Waals surface area contributed by atoms with Crippen molar-refractivity contribution < 1.29 is 22.7 Å². The zero-order valence-corrected chi connectivity index (χ0v) is 14.8. The Balaban J connectivity index is 2.27. The molecule has 132 valence electrons. The number of amides is 1. The highest BCUT2D eigenvalue weighted by Crippen LogP contribution is 2.21. The minimum absolute atomic E-state index is 0.310. The fourth-order valence-electron chi connectivity index (χ4n) is 2.23. The van der Waals surface area contributed by atoms with E-state index in [9.17, 15) is 18.0 Å². The Morgan fingerprint density at radius 2 is 1.76 bits per heavy atom. The average molecular weight is 362 g/mol. The molecule has 0 aliphatic heterocycles. The van der Waals surface area contributed by atoms with Gasteiger partial charge in [-0.05, 0) is 42.8 Å². The number of carbonyl (C=O) groups excluding carboxylic acids is 2. The van der Waals surface area contributed by atoms with Crippen LogP contribution in [0.1, 0.15) is 26.3 Å². The number of methoxy groups -OCH3 is 1. The fourth-order valence-corrected chi connectivity index (χ4v) is 2.85. The van der Waals surface area contributed by atoms with Crippen molar-refractivity contribution in [2.75, 3.05) is 23.4 Å². The second-order valence-corrected chi connectivity index (χ2v) is 7.13. The Hall–Kier alpha value is -2.87. The van der Waals surface area contributed by atoms with Crippen LogP contribution in [0.4, 0.5) is 11.4 Å². The summed E-state index contributed by atoms with van der Waals surface area (Å²) in [5, 5.41) is 2.68. The fraction of sp³-hybridized carbons (Fsp3) is 0.176. The van der Waals surface area contributed by atoms with Crippen molar-refractivity contribution in [3.05, 3.63) is 59.2 Å². The molecule has 0 aromatic heterocycles. The molecule has 0 aliphatic rings. The Kier molecular flexibility index (Phi) is 5.43. The van der Waals surface area contributed by atoms with Crippen LogP contribution in [-0.2, 0) is 14.8 Å². The highest BCUT2D eigenvalue weighted by molar-refractivity contribution is 7.92. The summed E-state index contributed by atoms with van der Waals surface area (Å²) in [7, 11) is -2.18. The zero-order valence-electron chi connectivity index (χ0n) is 14.0. The minimum atomic E-state index is -3.45. The number of rotatable bonds is 5. The number of esters is 1. The average Bonchev–Trinajstić information content (AvgIpc) is 2.55. The van der Waals surface area contributed by atoms with Crippen molar-refractivity contribution in [1.82, 2.24) is 0 Å². The molecule has 0 saturated carbocycles. The van der Waals surface area contributed by atoms with Gasteiger partial charge in [0.15, 0.2) is 0 Å². The zero-order chi connectivity index (χ0) is 18.6. The van der Waals surface area contributed by atoms with E-state index in [0.717, 1.165) is 6.26 Å². The Labute approximate surface area is 146 Å². The van der Waals surface area contributed by atoms with Crippen LogP contribution >= 0.6 is 0 Å². The van der Waals surface area contributed by atoms with Gasteiger partial charge in [0, 0.05) is 11.3 Å². The van der Waals surface area contributed by atoms with Gasteiger partial charge in [-0.2, -0.15) is 0 Å². The molecule has 2 aromatic rings. The number of anilines is 2. The molecule has 0 radical (unpaired) electrons. The number of sulfonamides is 1. The predicted octanol–water partition coefficient (Wildman–Crippen LogP) is 2.41. The van der Waals surface area contributed by atoms with E-state index in [4.69, 9.17) is 0 Å². The van der Waals surface area contributed by atoms with Crippen molar-refractivity contribution in [1.29, 1.82) is 0 Å². The topological polar surface area (TPSA) is 102 Å². The second kappa shape index (κ2) is 7.35. The normalized spacial score (nSPS) is 10.8. The summed E-state index contributed by atoms with van der Waals surface area (Å²) in [6, 6.07) is 11.1. The first-order valence-electron chi connectivity index (χ1n) is 7.28. The second-order valence-electron chi connectivity index (χ2n) is 5.38. The SMILES string of the molecule is COC(=O)c1cccc(NC(=O)c2cccc(NS(C)(=O)=O)c2C)c1. The molecule has 7 nitrogen and oxygen atoms in total. The van der Waals surface area contributed by atoms with Crippen LogP contribution in [0.25, 0.3) is 0 Å². The van der Waals surface area contributed by atoms with Gasteiger partial charge in [-0.3, -0.25) is 9.52 Å². The van der Waals surface area contributed by atoms with Crippen LogP contribution in [0.15, 0.2) is 42.5 Å². The lowest BCUT2D eigenvalue weighted by atomic mass is 10.1. The first-order valence-corrected chi connectivity index (χ1v) is 9.17. The molecule has 0 atom stereocenters. The van der Waals surface area contributed by atoms with Crippen molar-refractivity contribution >= 4 is 33.3 Å². The monoisotopic (exact) mass is 362 g/mol. The summed E-state index contributed by atoms with van der Waals surface area (Å²) < 4.78 is 29.8. The minimum Gasteiger partial charge on any atom is -0.465 e. The number of hydrogen-bond acceptors (Lipinski definition) is 5. The van der Waals surface area contributed by atoms with Crippen LogP contribution in [-0.4, -0.2) is 33.7 Å². The first kappa shape index (κ1) is 18.5. The summed E-state index contributed by atoms with van der Waals surface area (Å²) in [6.45, 7) is 1.65. The van der Waals surface area contributed by atoms with Gasteiger partial charge in [-0.1, -0.05) is 12.1 Å². The lowest BCUT2D eigenvalue weighted by Gasteiger charge is -2.12. The smallest absolute Gasteiger partial charge is 0.337 e. The summed E-state index contributed by atoms with van der Waals surface area (Å²) >= 11 is 0. The lowest BCUT2D eigenvalue weighted by molar-refractivity contribution is 0.0600. The van der Waals surface area contributed by atoms with Gasteiger partial charge in [0.05, 0.1) is 24.6 Å². The summed E-state index contributed by atoms with van der Waals surface area (Å²) in [5.41, 5.74) is 1.88. The van der Waals surface area contributed by atoms with E-state index >= 15 is 0 Å². The summed E-state index contributed by atoms with van der Waals surface area (Å²) in [6.07, 6.45) is 1.04. The molecule has 0 bridgehead atoms. The van der Waals surface area contributed by atoms with Crippen molar-refractivity contribution in [3.8, 4) is 0 Å². The van der Waals surface area contributed by atoms with Crippen LogP contribution in [0, 0.1) is 6.92 Å². The Morgan fingerprint density at radius 1 is 1.08 bits per heavy atom. The van der Waals surface area contributed by atoms with Crippen molar-refractivity contribution in [2.24, 2.45) is 0 Å².